The number of rotatable bonds is 5. The van der Waals surface area contributed by atoms with E-state index in [1.807, 2.05) is 42.5 Å². The minimum absolute atomic E-state index is 0.206. The Morgan fingerprint density at radius 2 is 1.54 bits per heavy atom. The van der Waals surface area contributed by atoms with Crippen LogP contribution in [0.3, 0.4) is 0 Å². The van der Waals surface area contributed by atoms with Crippen LogP contribution >= 0.6 is 0 Å². The van der Waals surface area contributed by atoms with E-state index in [1.54, 1.807) is 10.9 Å². The molecular formula is C29H28F2N4O2. The summed E-state index contributed by atoms with van der Waals surface area (Å²) in [4.78, 5) is 4.61. The van der Waals surface area contributed by atoms with Crippen molar-refractivity contribution in [3.63, 3.8) is 0 Å². The Hall–Kier alpha value is -3.75. The number of aromatic nitrogens is 2. The summed E-state index contributed by atoms with van der Waals surface area (Å²) in [6, 6.07) is 17.3. The molecule has 1 saturated heterocycles. The first-order valence-electron chi connectivity index (χ1n) is 12.5. The molecular weight excluding hydrogens is 474 g/mol. The summed E-state index contributed by atoms with van der Waals surface area (Å²) in [5.41, 5.74) is 4.42. The lowest BCUT2D eigenvalue weighted by atomic mass is 10.0. The number of piperazine rings is 1. The Morgan fingerprint density at radius 1 is 0.811 bits per heavy atom. The van der Waals surface area contributed by atoms with E-state index < -0.39 is 11.6 Å². The molecule has 0 saturated carbocycles. The Bertz CT molecular complexity index is 1410. The normalized spacial score (nSPS) is 16.2. The van der Waals surface area contributed by atoms with Gasteiger partial charge < -0.3 is 14.4 Å². The van der Waals surface area contributed by atoms with Crippen molar-refractivity contribution in [3.05, 3.63) is 84.1 Å². The standard InChI is InChI=1S/C29H28F2N4O2/c1-33-10-12-34(13-11-33)19-22-18-32-35(29(22)25-17-23(30)5-8-26(25)31)24-6-2-20(3-7-24)21-4-9-27-28(16-21)37-15-14-36-27/h2-9,16-18H,10-15,19H2,1H3. The van der Waals surface area contributed by atoms with Crippen molar-refractivity contribution < 1.29 is 18.3 Å². The van der Waals surface area contributed by atoms with Crippen molar-refractivity contribution in [3.8, 4) is 39.6 Å². The third-order valence-electron chi connectivity index (χ3n) is 7.01. The van der Waals surface area contributed by atoms with E-state index in [0.29, 0.717) is 25.5 Å². The van der Waals surface area contributed by atoms with Gasteiger partial charge in [0.1, 0.15) is 24.8 Å². The maximum atomic E-state index is 15.0. The van der Waals surface area contributed by atoms with Crippen LogP contribution in [-0.2, 0) is 6.54 Å². The molecule has 0 unspecified atom stereocenters. The van der Waals surface area contributed by atoms with E-state index in [1.165, 1.54) is 12.1 Å². The number of fused-ring (bicyclic) bond motifs is 1. The molecule has 2 aliphatic rings. The molecule has 0 bridgehead atoms. The third kappa shape index (κ3) is 4.82. The van der Waals surface area contributed by atoms with E-state index in [0.717, 1.165) is 66.1 Å². The average Bonchev–Trinajstić information content (AvgIpc) is 3.34. The summed E-state index contributed by atoms with van der Waals surface area (Å²) >= 11 is 0. The Kier molecular flexibility index (Phi) is 6.36. The van der Waals surface area contributed by atoms with Gasteiger partial charge in [-0.25, -0.2) is 13.5 Å². The van der Waals surface area contributed by atoms with Crippen molar-refractivity contribution in [2.75, 3.05) is 46.4 Å². The molecule has 0 amide bonds. The van der Waals surface area contributed by atoms with Gasteiger partial charge in [-0.15, -0.1) is 0 Å². The van der Waals surface area contributed by atoms with E-state index >= 15 is 4.39 Å². The Balaban J connectivity index is 1.36. The van der Waals surface area contributed by atoms with Crippen molar-refractivity contribution in [2.24, 2.45) is 0 Å². The van der Waals surface area contributed by atoms with Gasteiger partial charge in [0.05, 0.1) is 17.6 Å². The summed E-state index contributed by atoms with van der Waals surface area (Å²) in [6.45, 7) is 5.47. The summed E-state index contributed by atoms with van der Waals surface area (Å²) in [5.74, 6) is 0.523. The monoisotopic (exact) mass is 502 g/mol. The summed E-state index contributed by atoms with van der Waals surface area (Å²) in [7, 11) is 2.11. The molecule has 3 aromatic carbocycles. The fourth-order valence-corrected chi connectivity index (χ4v) is 4.92. The van der Waals surface area contributed by atoms with E-state index in [9.17, 15) is 4.39 Å². The quantitative estimate of drug-likeness (QED) is 0.384. The molecule has 8 heteroatoms. The van der Waals surface area contributed by atoms with E-state index in [2.05, 4.69) is 21.9 Å². The highest BCUT2D eigenvalue weighted by Crippen LogP contribution is 2.35. The number of hydrogen-bond acceptors (Lipinski definition) is 5. The molecule has 0 spiro atoms. The zero-order chi connectivity index (χ0) is 25.4. The second-order valence-electron chi connectivity index (χ2n) is 9.54. The number of halogens is 2. The van der Waals surface area contributed by atoms with Crippen LogP contribution in [0.4, 0.5) is 8.78 Å². The number of hydrogen-bond donors (Lipinski definition) is 0. The van der Waals surface area contributed by atoms with Crippen molar-refractivity contribution in [2.45, 2.75) is 6.54 Å². The summed E-state index contributed by atoms with van der Waals surface area (Å²) < 4.78 is 42.3. The van der Waals surface area contributed by atoms with Crippen LogP contribution in [-0.4, -0.2) is 66.0 Å². The smallest absolute Gasteiger partial charge is 0.161 e. The van der Waals surface area contributed by atoms with Gasteiger partial charge in [-0.2, -0.15) is 5.10 Å². The summed E-state index contributed by atoms with van der Waals surface area (Å²) in [5, 5.41) is 4.63. The van der Waals surface area contributed by atoms with Gasteiger partial charge in [0.25, 0.3) is 0 Å². The molecule has 1 fully saturated rings. The van der Waals surface area contributed by atoms with Gasteiger partial charge in [-0.1, -0.05) is 18.2 Å². The minimum Gasteiger partial charge on any atom is -0.486 e. The number of nitrogens with zero attached hydrogens (tertiary/aromatic N) is 4. The lowest BCUT2D eigenvalue weighted by molar-refractivity contribution is 0.148. The molecule has 0 radical (unpaired) electrons. The van der Waals surface area contributed by atoms with Gasteiger partial charge >= 0.3 is 0 Å². The predicted molar refractivity (Wildman–Crippen MR) is 138 cm³/mol. The first-order chi connectivity index (χ1) is 18.0. The molecule has 6 rings (SSSR count). The van der Waals surface area contributed by atoms with Crippen molar-refractivity contribution in [1.29, 1.82) is 0 Å². The maximum Gasteiger partial charge on any atom is 0.161 e. The SMILES string of the molecule is CN1CCN(Cc2cnn(-c3ccc(-c4ccc5c(c4)OCCO5)cc3)c2-c2cc(F)ccc2F)CC1. The van der Waals surface area contributed by atoms with Crippen LogP contribution < -0.4 is 9.47 Å². The molecule has 6 nitrogen and oxygen atoms in total. The van der Waals surface area contributed by atoms with Crippen LogP contribution in [0.2, 0.25) is 0 Å². The molecule has 4 aromatic rings. The lowest BCUT2D eigenvalue weighted by Crippen LogP contribution is -2.43. The molecule has 0 atom stereocenters. The molecule has 3 heterocycles. The van der Waals surface area contributed by atoms with E-state index in [4.69, 9.17) is 9.47 Å². The molecule has 0 N–H and O–H groups in total. The topological polar surface area (TPSA) is 42.8 Å². The minimum atomic E-state index is -0.483. The van der Waals surface area contributed by atoms with Crippen molar-refractivity contribution >= 4 is 0 Å². The Labute approximate surface area is 214 Å². The zero-order valence-corrected chi connectivity index (χ0v) is 20.7. The first-order valence-corrected chi connectivity index (χ1v) is 12.5. The maximum absolute atomic E-state index is 15.0. The van der Waals surface area contributed by atoms with Crippen LogP contribution in [0.25, 0.3) is 28.1 Å². The Morgan fingerprint density at radius 3 is 2.32 bits per heavy atom. The fraction of sp³-hybridized carbons (Fsp3) is 0.276. The molecule has 1 aromatic heterocycles. The fourth-order valence-electron chi connectivity index (χ4n) is 4.92. The van der Waals surface area contributed by atoms with Gasteiger partial charge in [0.2, 0.25) is 0 Å². The van der Waals surface area contributed by atoms with Crippen LogP contribution in [0.5, 0.6) is 11.5 Å². The van der Waals surface area contributed by atoms with Gasteiger partial charge in [0, 0.05) is 43.9 Å². The largest absolute Gasteiger partial charge is 0.486 e. The predicted octanol–water partition coefficient (Wildman–Crippen LogP) is 5.00. The molecule has 0 aliphatic carbocycles. The number of likely N-dealkylation sites (N-methyl/N-ethyl adjacent to an activating group) is 1. The van der Waals surface area contributed by atoms with Gasteiger partial charge in [-0.3, -0.25) is 4.90 Å². The second kappa shape index (κ2) is 9.95. The van der Waals surface area contributed by atoms with Crippen LogP contribution in [0.15, 0.2) is 66.9 Å². The van der Waals surface area contributed by atoms with E-state index in [-0.39, 0.29) is 5.56 Å². The number of benzene rings is 3. The lowest BCUT2D eigenvalue weighted by Gasteiger charge is -2.32. The average molecular weight is 503 g/mol. The second-order valence-corrected chi connectivity index (χ2v) is 9.54. The van der Waals surface area contributed by atoms with Gasteiger partial charge in [-0.05, 0) is 60.6 Å². The number of ether oxygens (including phenoxy) is 2. The highest BCUT2D eigenvalue weighted by Gasteiger charge is 2.22. The first kappa shape index (κ1) is 23.6. The highest BCUT2D eigenvalue weighted by molar-refractivity contribution is 5.70. The van der Waals surface area contributed by atoms with Crippen LogP contribution in [0.1, 0.15) is 5.56 Å². The molecule has 37 heavy (non-hydrogen) atoms. The summed E-state index contributed by atoms with van der Waals surface area (Å²) in [6.07, 6.45) is 1.77. The highest BCUT2D eigenvalue weighted by atomic mass is 19.1. The molecule has 2 aliphatic heterocycles. The molecule has 190 valence electrons. The van der Waals surface area contributed by atoms with Gasteiger partial charge in [0.15, 0.2) is 11.5 Å². The van der Waals surface area contributed by atoms with Crippen LogP contribution in [0, 0.1) is 11.6 Å². The van der Waals surface area contributed by atoms with Crippen molar-refractivity contribution in [1.82, 2.24) is 19.6 Å². The third-order valence-corrected chi connectivity index (χ3v) is 7.01. The zero-order valence-electron chi connectivity index (χ0n) is 20.7.